The highest BCUT2D eigenvalue weighted by atomic mass is 35.5. The molecule has 2 N–H and O–H groups in total. The Kier molecular flexibility index (Phi) is 9.46. The molecule has 0 saturated carbocycles. The maximum atomic E-state index is 15.8. The van der Waals surface area contributed by atoms with Crippen molar-refractivity contribution in [1.29, 1.82) is 5.26 Å². The molecule has 0 radical (unpaired) electrons. The molecule has 1 saturated heterocycles. The van der Waals surface area contributed by atoms with Crippen molar-refractivity contribution in [2.24, 2.45) is 5.41 Å². The summed E-state index contributed by atoms with van der Waals surface area (Å²) in [4.78, 5) is 26.5. The first-order valence-corrected chi connectivity index (χ1v) is 14.9. The lowest BCUT2D eigenvalue weighted by Gasteiger charge is -2.37. The minimum absolute atomic E-state index is 0.00210. The fourth-order valence-corrected chi connectivity index (χ4v) is 6.14. The summed E-state index contributed by atoms with van der Waals surface area (Å²) in [7, 11) is 0. The summed E-state index contributed by atoms with van der Waals surface area (Å²) in [5.41, 5.74) is -2.15. The van der Waals surface area contributed by atoms with Gasteiger partial charge in [0.1, 0.15) is 22.7 Å². The van der Waals surface area contributed by atoms with Gasteiger partial charge in [0.05, 0.1) is 22.7 Å². The van der Waals surface area contributed by atoms with E-state index in [1.165, 1.54) is 42.5 Å². The number of halogens is 4. The van der Waals surface area contributed by atoms with Gasteiger partial charge in [0, 0.05) is 28.2 Å². The quantitative estimate of drug-likeness (QED) is 0.265. The van der Waals surface area contributed by atoms with E-state index in [1.807, 2.05) is 20.8 Å². The maximum absolute atomic E-state index is 15.8. The predicted molar refractivity (Wildman–Crippen MR) is 168 cm³/mol. The number of hydrogen-bond acceptors (Lipinski definition) is 5. The van der Waals surface area contributed by atoms with E-state index in [-0.39, 0.29) is 26.6 Å². The number of ether oxygens (including phenoxy) is 1. The van der Waals surface area contributed by atoms with E-state index in [4.69, 9.17) is 27.9 Å². The lowest BCUT2D eigenvalue weighted by Crippen LogP contribution is -2.45. The zero-order valence-corrected chi connectivity index (χ0v) is 26.9. The molecule has 1 fully saturated rings. The third-order valence-electron chi connectivity index (χ3n) is 7.52. The SMILES string of the molecule is CC(C)(C)CC1N[C@@H](C(=O)Nc2ccc(C(=O)OC(C)(C)C)cc2)C(c2cccc(Cl)c2F)[C@@]1(C#N)c1ccc(Cl)cc1F. The third-order valence-corrected chi connectivity index (χ3v) is 8.05. The van der Waals surface area contributed by atoms with Gasteiger partial charge in [0.2, 0.25) is 5.91 Å². The van der Waals surface area contributed by atoms with E-state index in [1.54, 1.807) is 32.9 Å². The molecule has 1 amide bonds. The lowest BCUT2D eigenvalue weighted by molar-refractivity contribution is -0.118. The van der Waals surface area contributed by atoms with Gasteiger partial charge in [-0.3, -0.25) is 4.79 Å². The van der Waals surface area contributed by atoms with Crippen LogP contribution in [-0.4, -0.2) is 29.6 Å². The van der Waals surface area contributed by atoms with Gasteiger partial charge in [-0.2, -0.15) is 5.26 Å². The third kappa shape index (κ3) is 6.91. The second kappa shape index (κ2) is 12.5. The van der Waals surface area contributed by atoms with Crippen LogP contribution < -0.4 is 10.6 Å². The summed E-state index contributed by atoms with van der Waals surface area (Å²) in [6, 6.07) is 14.8. The Morgan fingerprint density at radius 2 is 1.68 bits per heavy atom. The number of rotatable bonds is 6. The zero-order chi connectivity index (χ0) is 32.6. The number of carbonyl (C=O) groups excluding carboxylic acids is 2. The number of hydrogen-bond donors (Lipinski definition) is 2. The van der Waals surface area contributed by atoms with Crippen molar-refractivity contribution < 1.29 is 23.1 Å². The second-order valence-electron chi connectivity index (χ2n) is 13.3. The fourth-order valence-electron chi connectivity index (χ4n) is 5.80. The van der Waals surface area contributed by atoms with Crippen LogP contribution in [0.1, 0.15) is 75.4 Å². The predicted octanol–water partition coefficient (Wildman–Crippen LogP) is 8.19. The van der Waals surface area contributed by atoms with Gasteiger partial charge in [-0.05, 0) is 80.6 Å². The molecule has 0 aliphatic carbocycles. The fraction of sp³-hybridized carbons (Fsp3) is 0.382. The van der Waals surface area contributed by atoms with E-state index >= 15 is 8.78 Å². The molecule has 0 bridgehead atoms. The number of nitrogens with one attached hydrogen (secondary N) is 2. The summed E-state index contributed by atoms with van der Waals surface area (Å²) in [6.45, 7) is 11.2. The van der Waals surface area contributed by atoms with Crippen LogP contribution in [0.2, 0.25) is 10.0 Å². The van der Waals surface area contributed by atoms with Crippen LogP contribution in [-0.2, 0) is 14.9 Å². The molecule has 2 unspecified atom stereocenters. The molecule has 232 valence electrons. The van der Waals surface area contributed by atoms with Gasteiger partial charge in [0.15, 0.2) is 0 Å². The number of nitrogens with zero attached hydrogens (tertiary/aromatic N) is 1. The Labute approximate surface area is 266 Å². The van der Waals surface area contributed by atoms with Crippen LogP contribution in [0, 0.1) is 28.4 Å². The summed E-state index contributed by atoms with van der Waals surface area (Å²) < 4.78 is 37.0. The number of amides is 1. The van der Waals surface area contributed by atoms with Crippen LogP contribution in [0.15, 0.2) is 60.7 Å². The number of carbonyl (C=O) groups is 2. The number of nitriles is 1. The van der Waals surface area contributed by atoms with E-state index in [9.17, 15) is 14.9 Å². The molecule has 0 spiro atoms. The van der Waals surface area contributed by atoms with Crippen molar-refractivity contribution in [3.8, 4) is 6.07 Å². The van der Waals surface area contributed by atoms with Crippen LogP contribution in [0.4, 0.5) is 14.5 Å². The van der Waals surface area contributed by atoms with Crippen molar-refractivity contribution in [3.63, 3.8) is 0 Å². The highest BCUT2D eigenvalue weighted by molar-refractivity contribution is 6.31. The molecular weight excluding hydrogens is 607 g/mol. The van der Waals surface area contributed by atoms with Gasteiger partial charge in [0.25, 0.3) is 0 Å². The number of esters is 1. The highest BCUT2D eigenvalue weighted by Crippen LogP contribution is 2.52. The van der Waals surface area contributed by atoms with Crippen molar-refractivity contribution in [3.05, 3.63) is 99.0 Å². The summed E-state index contributed by atoms with van der Waals surface area (Å²) in [5, 5.41) is 17.0. The van der Waals surface area contributed by atoms with Crippen LogP contribution in [0.5, 0.6) is 0 Å². The zero-order valence-electron chi connectivity index (χ0n) is 25.4. The first-order valence-electron chi connectivity index (χ1n) is 14.2. The summed E-state index contributed by atoms with van der Waals surface area (Å²) in [6.07, 6.45) is 0.343. The Morgan fingerprint density at radius 3 is 2.25 bits per heavy atom. The molecule has 3 aromatic carbocycles. The molecule has 10 heteroatoms. The summed E-state index contributed by atoms with van der Waals surface area (Å²) >= 11 is 12.3. The molecule has 4 rings (SSSR count). The molecule has 6 nitrogen and oxygen atoms in total. The highest BCUT2D eigenvalue weighted by Gasteiger charge is 2.61. The minimum atomic E-state index is -1.74. The average Bonchev–Trinajstić information content (AvgIpc) is 3.22. The van der Waals surface area contributed by atoms with E-state index in [0.717, 1.165) is 6.07 Å². The van der Waals surface area contributed by atoms with Crippen LogP contribution in [0.3, 0.4) is 0 Å². The lowest BCUT2D eigenvalue weighted by atomic mass is 9.62. The smallest absolute Gasteiger partial charge is 0.338 e. The second-order valence-corrected chi connectivity index (χ2v) is 14.1. The molecule has 0 aromatic heterocycles. The number of benzene rings is 3. The minimum Gasteiger partial charge on any atom is -0.456 e. The van der Waals surface area contributed by atoms with E-state index in [0.29, 0.717) is 17.7 Å². The van der Waals surface area contributed by atoms with Gasteiger partial charge in [-0.1, -0.05) is 62.2 Å². The van der Waals surface area contributed by atoms with E-state index in [2.05, 4.69) is 16.7 Å². The molecular formula is C34H35Cl2F2N3O3. The monoisotopic (exact) mass is 641 g/mol. The molecule has 1 aliphatic heterocycles. The molecule has 1 heterocycles. The average molecular weight is 643 g/mol. The van der Waals surface area contributed by atoms with Crippen LogP contribution in [0.25, 0.3) is 0 Å². The Hall–Kier alpha value is -3.51. The Morgan fingerprint density at radius 1 is 1.02 bits per heavy atom. The van der Waals surface area contributed by atoms with Gasteiger partial charge < -0.3 is 15.4 Å². The largest absolute Gasteiger partial charge is 0.456 e. The first kappa shape index (κ1) is 33.4. The molecule has 3 aromatic rings. The van der Waals surface area contributed by atoms with Gasteiger partial charge in [-0.15, -0.1) is 0 Å². The standard InChI is InChI=1S/C34H35Cl2F2N3O3/c1-32(2,3)17-26-34(18-39,23-15-12-20(35)16-25(23)37)27(22-8-7-9-24(36)28(22)38)29(41-26)30(42)40-21-13-10-19(11-14-21)31(43)44-33(4,5)6/h7-16,26-27,29,41H,17H2,1-6H3,(H,40,42)/t26?,27?,29-,34+/m1/s1. The van der Waals surface area contributed by atoms with Crippen LogP contribution >= 0.6 is 23.2 Å². The maximum Gasteiger partial charge on any atom is 0.338 e. The van der Waals surface area contributed by atoms with Crippen molar-refractivity contribution >= 4 is 40.8 Å². The first-order chi connectivity index (χ1) is 20.5. The van der Waals surface area contributed by atoms with Crippen molar-refractivity contribution in [1.82, 2.24) is 5.32 Å². The topological polar surface area (TPSA) is 91.2 Å². The molecule has 44 heavy (non-hydrogen) atoms. The van der Waals surface area contributed by atoms with Crippen molar-refractivity contribution in [2.45, 2.75) is 77.0 Å². The van der Waals surface area contributed by atoms with E-state index < -0.39 is 52.5 Å². The molecule has 1 aliphatic rings. The Bertz CT molecular complexity index is 1610. The van der Waals surface area contributed by atoms with Crippen molar-refractivity contribution in [2.75, 3.05) is 5.32 Å². The number of anilines is 1. The molecule has 4 atom stereocenters. The normalized spacial score (nSPS) is 21.9. The summed E-state index contributed by atoms with van der Waals surface area (Å²) in [5.74, 6) is -3.84. The van der Waals surface area contributed by atoms with Gasteiger partial charge >= 0.3 is 5.97 Å². The van der Waals surface area contributed by atoms with Gasteiger partial charge in [-0.25, -0.2) is 13.6 Å². The Balaban J connectivity index is 1.83.